The molecular formula is C14H13N3O2S2. The van der Waals surface area contributed by atoms with Crippen LogP contribution in [0.4, 0.5) is 5.13 Å². The minimum atomic E-state index is -0.0756. The molecule has 2 aromatic heterocycles. The third kappa shape index (κ3) is 3.03. The molecule has 3 aromatic rings. The van der Waals surface area contributed by atoms with E-state index in [0.717, 1.165) is 26.5 Å². The van der Waals surface area contributed by atoms with E-state index in [1.165, 1.54) is 22.7 Å². The molecule has 0 aliphatic carbocycles. The standard InChI is InChI=1S/C14H13N3O2S2/c1-8-11(20-7-15-8)6-13(18)17-14-16-10-4-3-9(19-2)5-12(10)21-14/h3-5,7H,6H2,1-2H3,(H,16,17,18). The van der Waals surface area contributed by atoms with Gasteiger partial charge in [-0.1, -0.05) is 11.3 Å². The van der Waals surface area contributed by atoms with Gasteiger partial charge >= 0.3 is 0 Å². The van der Waals surface area contributed by atoms with Gasteiger partial charge in [-0.3, -0.25) is 4.79 Å². The summed E-state index contributed by atoms with van der Waals surface area (Å²) in [5.41, 5.74) is 3.51. The molecule has 21 heavy (non-hydrogen) atoms. The van der Waals surface area contributed by atoms with Crippen molar-refractivity contribution in [3.05, 3.63) is 34.3 Å². The Morgan fingerprint density at radius 1 is 1.43 bits per heavy atom. The van der Waals surface area contributed by atoms with Crippen molar-refractivity contribution in [2.45, 2.75) is 13.3 Å². The number of amides is 1. The van der Waals surface area contributed by atoms with Crippen LogP contribution in [0.2, 0.25) is 0 Å². The Kier molecular flexibility index (Phi) is 3.85. The molecule has 0 spiro atoms. The SMILES string of the molecule is COc1ccc2nc(NC(=O)Cc3scnc3C)sc2c1. The molecule has 1 aromatic carbocycles. The number of ether oxygens (including phenoxy) is 1. The molecule has 2 heterocycles. The van der Waals surface area contributed by atoms with E-state index in [1.807, 2.05) is 25.1 Å². The van der Waals surface area contributed by atoms with Gasteiger partial charge in [0.05, 0.1) is 35.0 Å². The second-order valence-electron chi connectivity index (χ2n) is 4.44. The maximum absolute atomic E-state index is 12.0. The first kappa shape index (κ1) is 14.0. The highest BCUT2D eigenvalue weighted by Crippen LogP contribution is 2.29. The van der Waals surface area contributed by atoms with Gasteiger partial charge in [0.25, 0.3) is 0 Å². The third-order valence-corrected chi connectivity index (χ3v) is 4.88. The lowest BCUT2D eigenvalue weighted by Gasteiger charge is -1.99. The van der Waals surface area contributed by atoms with Crippen LogP contribution in [0.3, 0.4) is 0 Å². The fourth-order valence-corrected chi connectivity index (χ4v) is 3.58. The van der Waals surface area contributed by atoms with Crippen molar-refractivity contribution in [2.24, 2.45) is 0 Å². The molecule has 0 atom stereocenters. The quantitative estimate of drug-likeness (QED) is 0.802. The number of carbonyl (C=O) groups is 1. The van der Waals surface area contributed by atoms with Crippen molar-refractivity contribution >= 4 is 43.9 Å². The number of thiazole rings is 2. The highest BCUT2D eigenvalue weighted by molar-refractivity contribution is 7.22. The minimum absolute atomic E-state index is 0.0756. The number of hydrogen-bond acceptors (Lipinski definition) is 6. The zero-order valence-corrected chi connectivity index (χ0v) is 13.2. The van der Waals surface area contributed by atoms with E-state index in [2.05, 4.69) is 15.3 Å². The molecule has 0 aliphatic heterocycles. The number of fused-ring (bicyclic) bond motifs is 1. The van der Waals surface area contributed by atoms with Crippen molar-refractivity contribution in [3.63, 3.8) is 0 Å². The van der Waals surface area contributed by atoms with Gasteiger partial charge in [0.15, 0.2) is 5.13 Å². The molecule has 0 aliphatic rings. The molecule has 7 heteroatoms. The molecule has 0 radical (unpaired) electrons. The number of rotatable bonds is 4. The van der Waals surface area contributed by atoms with Crippen LogP contribution in [-0.4, -0.2) is 23.0 Å². The lowest BCUT2D eigenvalue weighted by molar-refractivity contribution is -0.115. The van der Waals surface area contributed by atoms with Gasteiger partial charge in [0.2, 0.25) is 5.91 Å². The summed E-state index contributed by atoms with van der Waals surface area (Å²) in [4.78, 5) is 21.6. The first-order valence-corrected chi connectivity index (χ1v) is 7.98. The molecule has 0 saturated heterocycles. The Morgan fingerprint density at radius 2 is 2.29 bits per heavy atom. The van der Waals surface area contributed by atoms with Crippen molar-refractivity contribution in [3.8, 4) is 5.75 Å². The average molecular weight is 319 g/mol. The minimum Gasteiger partial charge on any atom is -0.497 e. The number of aromatic nitrogens is 2. The summed E-state index contributed by atoms with van der Waals surface area (Å²) >= 11 is 2.93. The molecule has 0 unspecified atom stereocenters. The van der Waals surface area contributed by atoms with Crippen molar-refractivity contribution < 1.29 is 9.53 Å². The zero-order chi connectivity index (χ0) is 14.8. The van der Waals surface area contributed by atoms with Crippen molar-refractivity contribution in [1.29, 1.82) is 0 Å². The van der Waals surface area contributed by atoms with Gasteiger partial charge in [0.1, 0.15) is 5.75 Å². The topological polar surface area (TPSA) is 64.1 Å². The Labute approximate surface area is 129 Å². The predicted octanol–water partition coefficient (Wildman–Crippen LogP) is 3.25. The highest BCUT2D eigenvalue weighted by atomic mass is 32.1. The summed E-state index contributed by atoms with van der Waals surface area (Å²) in [5.74, 6) is 0.706. The van der Waals surface area contributed by atoms with Gasteiger partial charge < -0.3 is 10.1 Å². The average Bonchev–Trinajstić information content (AvgIpc) is 3.04. The van der Waals surface area contributed by atoms with E-state index in [4.69, 9.17) is 4.74 Å². The number of carbonyl (C=O) groups excluding carboxylic acids is 1. The van der Waals surface area contributed by atoms with E-state index < -0.39 is 0 Å². The van der Waals surface area contributed by atoms with Crippen LogP contribution >= 0.6 is 22.7 Å². The molecule has 1 N–H and O–H groups in total. The van der Waals surface area contributed by atoms with Gasteiger partial charge in [-0.25, -0.2) is 9.97 Å². The largest absolute Gasteiger partial charge is 0.497 e. The lowest BCUT2D eigenvalue weighted by atomic mass is 10.3. The van der Waals surface area contributed by atoms with Crippen LogP contribution in [0.25, 0.3) is 10.2 Å². The number of methoxy groups -OCH3 is 1. The third-order valence-electron chi connectivity index (χ3n) is 3.01. The predicted molar refractivity (Wildman–Crippen MR) is 85.4 cm³/mol. The molecule has 0 fully saturated rings. The lowest BCUT2D eigenvalue weighted by Crippen LogP contribution is -2.13. The summed E-state index contributed by atoms with van der Waals surface area (Å²) in [7, 11) is 1.63. The number of aryl methyl sites for hydroxylation is 1. The van der Waals surface area contributed by atoms with E-state index in [-0.39, 0.29) is 5.91 Å². The normalized spacial score (nSPS) is 10.8. The van der Waals surface area contributed by atoms with Crippen LogP contribution in [0.15, 0.2) is 23.7 Å². The second kappa shape index (κ2) is 5.79. The number of nitrogens with zero attached hydrogens (tertiary/aromatic N) is 2. The van der Waals surface area contributed by atoms with E-state index in [0.29, 0.717) is 11.6 Å². The maximum atomic E-state index is 12.0. The summed E-state index contributed by atoms with van der Waals surface area (Å²) in [5, 5.41) is 3.44. The second-order valence-corrected chi connectivity index (χ2v) is 6.41. The fraction of sp³-hybridized carbons (Fsp3) is 0.214. The Hall–Kier alpha value is -1.99. The highest BCUT2D eigenvalue weighted by Gasteiger charge is 2.11. The zero-order valence-electron chi connectivity index (χ0n) is 11.5. The van der Waals surface area contributed by atoms with E-state index in [1.54, 1.807) is 12.6 Å². The molecular weight excluding hydrogens is 306 g/mol. The van der Waals surface area contributed by atoms with Gasteiger partial charge in [0, 0.05) is 4.88 Å². The summed E-state index contributed by atoms with van der Waals surface area (Å²) in [6.45, 7) is 1.91. The van der Waals surface area contributed by atoms with E-state index >= 15 is 0 Å². The Balaban J connectivity index is 1.75. The summed E-state index contributed by atoms with van der Waals surface area (Å²) in [6.07, 6.45) is 0.329. The molecule has 1 amide bonds. The summed E-state index contributed by atoms with van der Waals surface area (Å²) in [6, 6.07) is 5.65. The van der Waals surface area contributed by atoms with Gasteiger partial charge in [-0.2, -0.15) is 0 Å². The molecule has 5 nitrogen and oxygen atoms in total. The van der Waals surface area contributed by atoms with Crippen molar-refractivity contribution in [2.75, 3.05) is 12.4 Å². The van der Waals surface area contributed by atoms with Crippen LogP contribution in [-0.2, 0) is 11.2 Å². The molecule has 108 valence electrons. The van der Waals surface area contributed by atoms with Crippen molar-refractivity contribution in [1.82, 2.24) is 9.97 Å². The Morgan fingerprint density at radius 3 is 3.00 bits per heavy atom. The Bertz CT molecular complexity index is 794. The molecule has 0 saturated carbocycles. The summed E-state index contributed by atoms with van der Waals surface area (Å²) < 4.78 is 6.17. The first-order valence-electron chi connectivity index (χ1n) is 6.29. The first-order chi connectivity index (χ1) is 10.2. The van der Waals surface area contributed by atoms with E-state index in [9.17, 15) is 4.79 Å². The van der Waals surface area contributed by atoms with Gasteiger partial charge in [-0.15, -0.1) is 11.3 Å². The monoisotopic (exact) mass is 319 g/mol. The van der Waals surface area contributed by atoms with Crippen LogP contribution in [0.1, 0.15) is 10.6 Å². The van der Waals surface area contributed by atoms with Crippen LogP contribution < -0.4 is 10.1 Å². The fourth-order valence-electron chi connectivity index (χ4n) is 1.89. The van der Waals surface area contributed by atoms with Crippen LogP contribution in [0, 0.1) is 6.92 Å². The number of nitrogens with one attached hydrogen (secondary N) is 1. The number of benzene rings is 1. The number of hydrogen-bond donors (Lipinski definition) is 1. The maximum Gasteiger partial charge on any atom is 0.231 e. The van der Waals surface area contributed by atoms with Crippen LogP contribution in [0.5, 0.6) is 5.75 Å². The number of anilines is 1. The smallest absolute Gasteiger partial charge is 0.231 e. The molecule has 3 rings (SSSR count). The molecule has 0 bridgehead atoms. The van der Waals surface area contributed by atoms with Gasteiger partial charge in [-0.05, 0) is 25.1 Å².